The third-order valence-corrected chi connectivity index (χ3v) is 7.39. The fraction of sp³-hybridized carbons (Fsp3) is 0.179. The highest BCUT2D eigenvalue weighted by molar-refractivity contribution is 5.94. The Morgan fingerprint density at radius 3 is 1.78 bits per heavy atom. The highest BCUT2D eigenvalue weighted by atomic mass is 16.5. The van der Waals surface area contributed by atoms with Crippen LogP contribution in [0.25, 0.3) is 0 Å². The Bertz CT molecular complexity index is 1640. The number of nitrogens with zero attached hydrogens (tertiary/aromatic N) is 2. The fourth-order valence-electron chi connectivity index (χ4n) is 5.13. The SMILES string of the molecule is O=C(O)CCN(Cc1cccc(Oc2ccccc2)c1)C(=O)c1cccc(OCCN(Cc2ccccc2)Cc2ccccc2)c1. The highest BCUT2D eigenvalue weighted by Gasteiger charge is 2.19. The van der Waals surface area contributed by atoms with E-state index in [-0.39, 0.29) is 25.4 Å². The van der Waals surface area contributed by atoms with Gasteiger partial charge >= 0.3 is 5.97 Å². The first kappa shape index (κ1) is 32.0. The molecule has 0 atom stereocenters. The zero-order chi connectivity index (χ0) is 32.0. The van der Waals surface area contributed by atoms with Crippen LogP contribution in [0.4, 0.5) is 0 Å². The predicted molar refractivity (Wildman–Crippen MR) is 179 cm³/mol. The van der Waals surface area contributed by atoms with Gasteiger partial charge in [-0.05, 0) is 59.2 Å². The van der Waals surface area contributed by atoms with Gasteiger partial charge in [-0.15, -0.1) is 0 Å². The smallest absolute Gasteiger partial charge is 0.305 e. The minimum atomic E-state index is -0.966. The van der Waals surface area contributed by atoms with E-state index in [1.54, 1.807) is 23.1 Å². The summed E-state index contributed by atoms with van der Waals surface area (Å²) in [5.74, 6) is 0.695. The Balaban J connectivity index is 1.24. The molecule has 1 N–H and O–H groups in total. The molecule has 0 aromatic heterocycles. The van der Waals surface area contributed by atoms with Crippen LogP contribution in [0.5, 0.6) is 17.2 Å². The first-order valence-corrected chi connectivity index (χ1v) is 15.4. The maximum atomic E-state index is 13.7. The van der Waals surface area contributed by atoms with E-state index in [0.29, 0.717) is 36.0 Å². The van der Waals surface area contributed by atoms with E-state index in [4.69, 9.17) is 9.47 Å². The average Bonchev–Trinajstić information content (AvgIpc) is 3.08. The van der Waals surface area contributed by atoms with Crippen molar-refractivity contribution in [3.63, 3.8) is 0 Å². The molecule has 5 aromatic carbocycles. The number of carboxylic acid groups (broad SMARTS) is 1. The number of carbonyl (C=O) groups is 2. The van der Waals surface area contributed by atoms with Crippen molar-refractivity contribution < 1.29 is 24.2 Å². The van der Waals surface area contributed by atoms with E-state index in [1.165, 1.54) is 11.1 Å². The summed E-state index contributed by atoms with van der Waals surface area (Å²) in [5.41, 5.74) is 3.72. The fourth-order valence-corrected chi connectivity index (χ4v) is 5.13. The van der Waals surface area contributed by atoms with E-state index in [1.807, 2.05) is 97.1 Å². The van der Waals surface area contributed by atoms with E-state index < -0.39 is 5.97 Å². The summed E-state index contributed by atoms with van der Waals surface area (Å²) < 4.78 is 12.1. The molecular weight excluding hydrogens is 576 g/mol. The molecule has 0 bridgehead atoms. The van der Waals surface area contributed by atoms with Crippen LogP contribution in [0.1, 0.15) is 33.5 Å². The van der Waals surface area contributed by atoms with Gasteiger partial charge in [-0.3, -0.25) is 14.5 Å². The van der Waals surface area contributed by atoms with Crippen LogP contribution < -0.4 is 9.47 Å². The molecule has 1 amide bonds. The molecule has 46 heavy (non-hydrogen) atoms. The van der Waals surface area contributed by atoms with Crippen LogP contribution in [-0.2, 0) is 24.4 Å². The van der Waals surface area contributed by atoms with Crippen LogP contribution >= 0.6 is 0 Å². The molecular formula is C39H38N2O5. The number of carboxylic acids is 1. The topological polar surface area (TPSA) is 79.3 Å². The Morgan fingerprint density at radius 1 is 0.565 bits per heavy atom. The number of aliphatic carboxylic acids is 1. The van der Waals surface area contributed by atoms with Crippen molar-refractivity contribution in [3.05, 3.63) is 162 Å². The molecule has 234 valence electrons. The molecule has 0 radical (unpaired) electrons. The minimum absolute atomic E-state index is 0.0664. The molecule has 0 spiro atoms. The van der Waals surface area contributed by atoms with Crippen LogP contribution in [0.2, 0.25) is 0 Å². The normalized spacial score (nSPS) is 10.8. The highest BCUT2D eigenvalue weighted by Crippen LogP contribution is 2.23. The zero-order valence-corrected chi connectivity index (χ0v) is 25.7. The molecule has 0 aliphatic rings. The van der Waals surface area contributed by atoms with Gasteiger partial charge in [-0.2, -0.15) is 0 Å². The number of ether oxygens (including phenoxy) is 2. The Kier molecular flexibility index (Phi) is 11.6. The largest absolute Gasteiger partial charge is 0.492 e. The number of carbonyl (C=O) groups excluding carboxylic acids is 1. The van der Waals surface area contributed by atoms with Crippen LogP contribution in [0.3, 0.4) is 0 Å². The molecule has 0 heterocycles. The van der Waals surface area contributed by atoms with E-state index in [9.17, 15) is 14.7 Å². The quantitative estimate of drug-likeness (QED) is 0.123. The van der Waals surface area contributed by atoms with Gasteiger partial charge < -0.3 is 19.5 Å². The summed E-state index contributed by atoms with van der Waals surface area (Å²) >= 11 is 0. The van der Waals surface area contributed by atoms with Gasteiger partial charge in [0.15, 0.2) is 0 Å². The Labute approximate surface area is 270 Å². The molecule has 0 unspecified atom stereocenters. The van der Waals surface area contributed by atoms with Gasteiger partial charge in [0.1, 0.15) is 23.9 Å². The third kappa shape index (κ3) is 10.1. The number of para-hydroxylation sites is 1. The van der Waals surface area contributed by atoms with Crippen LogP contribution in [0.15, 0.2) is 140 Å². The van der Waals surface area contributed by atoms with Crippen molar-refractivity contribution in [2.75, 3.05) is 19.7 Å². The second-order valence-corrected chi connectivity index (χ2v) is 11.0. The van der Waals surface area contributed by atoms with Crippen LogP contribution in [0, 0.1) is 0 Å². The van der Waals surface area contributed by atoms with Gasteiger partial charge in [0.05, 0.1) is 6.42 Å². The average molecular weight is 615 g/mol. The summed E-state index contributed by atoms with van der Waals surface area (Å²) in [6.07, 6.45) is -0.166. The van der Waals surface area contributed by atoms with Crippen molar-refractivity contribution in [1.82, 2.24) is 9.80 Å². The standard InChI is InChI=1S/C39H38N2O5/c42-38(43)22-23-41(30-33-16-10-21-37(26-33)46-35-18-8-3-9-19-35)39(44)34-17-11-20-36(27-34)45-25-24-40(28-31-12-4-1-5-13-31)29-32-14-6-2-7-15-32/h1-21,26-27H,22-25,28-30H2,(H,42,43). The molecule has 0 aliphatic heterocycles. The van der Waals surface area contributed by atoms with Crippen molar-refractivity contribution in [1.29, 1.82) is 0 Å². The van der Waals surface area contributed by atoms with Gasteiger partial charge in [-0.1, -0.05) is 97.1 Å². The van der Waals surface area contributed by atoms with E-state index >= 15 is 0 Å². The lowest BCUT2D eigenvalue weighted by atomic mass is 10.1. The molecule has 0 fully saturated rings. The second kappa shape index (κ2) is 16.6. The molecule has 0 saturated heterocycles. The monoisotopic (exact) mass is 614 g/mol. The van der Waals surface area contributed by atoms with Gasteiger partial charge in [-0.25, -0.2) is 0 Å². The van der Waals surface area contributed by atoms with Crippen molar-refractivity contribution in [2.45, 2.75) is 26.1 Å². The van der Waals surface area contributed by atoms with E-state index in [0.717, 1.165) is 18.7 Å². The minimum Gasteiger partial charge on any atom is -0.492 e. The summed E-state index contributed by atoms with van der Waals surface area (Å²) in [7, 11) is 0. The third-order valence-electron chi connectivity index (χ3n) is 7.39. The lowest BCUT2D eigenvalue weighted by molar-refractivity contribution is -0.137. The van der Waals surface area contributed by atoms with Gasteiger partial charge in [0.2, 0.25) is 0 Å². The first-order valence-electron chi connectivity index (χ1n) is 15.4. The number of benzene rings is 5. The Hall–Kier alpha value is -5.40. The van der Waals surface area contributed by atoms with E-state index in [2.05, 4.69) is 29.2 Å². The number of amides is 1. The lowest BCUT2D eigenvalue weighted by Crippen LogP contribution is -2.32. The summed E-state index contributed by atoms with van der Waals surface area (Å²) in [5, 5.41) is 9.38. The summed E-state index contributed by atoms with van der Waals surface area (Å²) in [6.45, 7) is 3.00. The van der Waals surface area contributed by atoms with Gasteiger partial charge in [0, 0.05) is 38.3 Å². The molecule has 5 aromatic rings. The van der Waals surface area contributed by atoms with Crippen molar-refractivity contribution in [3.8, 4) is 17.2 Å². The predicted octanol–water partition coefficient (Wildman–Crippen LogP) is 7.68. The summed E-state index contributed by atoms with van der Waals surface area (Å²) in [6, 6.07) is 44.7. The Morgan fingerprint density at radius 2 is 1.13 bits per heavy atom. The van der Waals surface area contributed by atoms with Crippen molar-refractivity contribution >= 4 is 11.9 Å². The molecule has 0 aliphatic carbocycles. The lowest BCUT2D eigenvalue weighted by Gasteiger charge is -2.24. The van der Waals surface area contributed by atoms with Crippen LogP contribution in [-0.4, -0.2) is 46.5 Å². The molecule has 7 nitrogen and oxygen atoms in total. The van der Waals surface area contributed by atoms with Crippen molar-refractivity contribution in [2.24, 2.45) is 0 Å². The number of hydrogen-bond donors (Lipinski definition) is 1. The second-order valence-electron chi connectivity index (χ2n) is 11.0. The zero-order valence-electron chi connectivity index (χ0n) is 25.7. The number of rotatable bonds is 16. The summed E-state index contributed by atoms with van der Waals surface area (Å²) in [4.78, 5) is 29.1. The molecule has 5 rings (SSSR count). The molecule has 0 saturated carbocycles. The van der Waals surface area contributed by atoms with Gasteiger partial charge in [0.25, 0.3) is 5.91 Å². The molecule has 7 heteroatoms. The number of hydrogen-bond acceptors (Lipinski definition) is 5. The maximum Gasteiger partial charge on any atom is 0.305 e. The maximum absolute atomic E-state index is 13.7. The first-order chi connectivity index (χ1) is 22.5.